The van der Waals surface area contributed by atoms with Crippen molar-refractivity contribution in [3.63, 3.8) is 0 Å². The Labute approximate surface area is 101 Å². The van der Waals surface area contributed by atoms with Crippen LogP contribution in [0, 0.1) is 11.8 Å². The third kappa shape index (κ3) is 9.14. The Balaban J connectivity index is 0.000000401. The third-order valence-electron chi connectivity index (χ3n) is 2.37. The van der Waals surface area contributed by atoms with Crippen molar-refractivity contribution in [2.45, 2.75) is 47.5 Å². The molecule has 1 aliphatic rings. The van der Waals surface area contributed by atoms with Crippen LogP contribution >= 0.6 is 21.0 Å². The zero-order valence-electron chi connectivity index (χ0n) is 10.5. The van der Waals surface area contributed by atoms with E-state index in [1.165, 1.54) is 30.2 Å². The first kappa shape index (κ1) is 15.2. The lowest BCUT2D eigenvalue weighted by atomic mass is 10.1. The highest BCUT2D eigenvalue weighted by Crippen LogP contribution is 2.30. The van der Waals surface area contributed by atoms with Crippen molar-refractivity contribution in [3.8, 4) is 0 Å². The van der Waals surface area contributed by atoms with Gasteiger partial charge in [0.05, 0.1) is 0 Å². The second-order valence-electron chi connectivity index (χ2n) is 4.48. The summed E-state index contributed by atoms with van der Waals surface area (Å²) >= 11 is 1.29. The molecule has 1 fully saturated rings. The maximum atomic E-state index is 10.7. The van der Waals surface area contributed by atoms with Gasteiger partial charge in [-0.2, -0.15) is 0 Å². The maximum absolute atomic E-state index is 10.7. The number of carbonyl (C=O) groups excluding carboxylic acids is 1. The molecule has 88 valence electrons. The minimum atomic E-state index is 0.148. The van der Waals surface area contributed by atoms with Crippen LogP contribution in [0.15, 0.2) is 10.2 Å². The minimum Gasteiger partial charge on any atom is -0.287 e. The van der Waals surface area contributed by atoms with E-state index in [4.69, 9.17) is 0 Å². The lowest BCUT2D eigenvalue weighted by Crippen LogP contribution is -1.91. The lowest BCUT2D eigenvalue weighted by Gasteiger charge is -2.08. The molecule has 0 heterocycles. The smallest absolute Gasteiger partial charge is 0.190 e. The molecule has 0 N–H and O–H groups in total. The van der Waals surface area contributed by atoms with Gasteiger partial charge in [0.25, 0.3) is 0 Å². The summed E-state index contributed by atoms with van der Waals surface area (Å²) in [6.45, 7) is 10.2. The summed E-state index contributed by atoms with van der Waals surface area (Å²) in [4.78, 5) is 10.7. The van der Waals surface area contributed by atoms with E-state index in [1.807, 2.05) is 0 Å². The molecular formula is C12H23OPS. The molecule has 0 aromatic carbocycles. The first-order chi connectivity index (χ1) is 6.84. The van der Waals surface area contributed by atoms with E-state index in [0.29, 0.717) is 5.92 Å². The zero-order chi connectivity index (χ0) is 12.0. The number of thioether (sulfide) groups is 1. The first-order valence-corrected chi connectivity index (χ1v) is 6.88. The summed E-state index contributed by atoms with van der Waals surface area (Å²) in [6.07, 6.45) is 2.97. The number of hydrogen-bond acceptors (Lipinski definition) is 2. The topological polar surface area (TPSA) is 17.1 Å². The predicted molar refractivity (Wildman–Crippen MR) is 73.9 cm³/mol. The summed E-state index contributed by atoms with van der Waals surface area (Å²) in [6, 6.07) is 0. The fraction of sp³-hybridized carbons (Fsp3) is 0.750. The molecule has 0 aliphatic heterocycles. The molecule has 0 aromatic heterocycles. The molecule has 0 amide bonds. The Hall–Kier alpha value is 0.190. The van der Waals surface area contributed by atoms with E-state index < -0.39 is 0 Å². The third-order valence-corrected chi connectivity index (χ3v) is 4.01. The molecule has 1 unspecified atom stereocenters. The first-order valence-electron chi connectivity index (χ1n) is 5.49. The van der Waals surface area contributed by atoms with E-state index in [2.05, 4.69) is 36.9 Å². The minimum absolute atomic E-state index is 0.148. The van der Waals surface area contributed by atoms with Crippen molar-refractivity contribution in [1.29, 1.82) is 0 Å². The summed E-state index contributed by atoms with van der Waals surface area (Å²) in [7, 11) is 2.61. The molecule has 0 saturated heterocycles. The Morgan fingerprint density at radius 3 is 1.93 bits per heavy atom. The second kappa shape index (κ2) is 7.46. The molecule has 1 atom stereocenters. The Kier molecular flexibility index (Phi) is 7.56. The highest BCUT2D eigenvalue weighted by molar-refractivity contribution is 8.20. The summed E-state index contributed by atoms with van der Waals surface area (Å²) in [5, 5.41) is 0.148. The molecule has 3 heteroatoms. The predicted octanol–water partition coefficient (Wildman–Crippen LogP) is 4.45. The Morgan fingerprint density at radius 2 is 1.73 bits per heavy atom. The van der Waals surface area contributed by atoms with Crippen LogP contribution in [0.25, 0.3) is 0 Å². The molecule has 0 spiro atoms. The molecule has 1 rings (SSSR count). The van der Waals surface area contributed by atoms with Crippen LogP contribution in [0.3, 0.4) is 0 Å². The van der Waals surface area contributed by atoms with Gasteiger partial charge in [-0.25, -0.2) is 0 Å². The van der Waals surface area contributed by atoms with Crippen molar-refractivity contribution < 1.29 is 4.79 Å². The van der Waals surface area contributed by atoms with E-state index in [9.17, 15) is 4.79 Å². The van der Waals surface area contributed by atoms with Crippen molar-refractivity contribution in [3.05, 3.63) is 10.2 Å². The lowest BCUT2D eigenvalue weighted by molar-refractivity contribution is -0.109. The summed E-state index contributed by atoms with van der Waals surface area (Å²) < 4.78 is 1.06. The van der Waals surface area contributed by atoms with Gasteiger partial charge >= 0.3 is 0 Å². The molecule has 0 bridgehead atoms. The number of hydrogen-bond donors (Lipinski definition) is 0. The summed E-state index contributed by atoms with van der Waals surface area (Å²) in [5.74, 6) is 1.61. The van der Waals surface area contributed by atoms with Gasteiger partial charge in [-0.3, -0.25) is 4.79 Å². The standard InChI is InChI=1S/C8H15OPS.C4H8/c1-5(2)6(3)8(10)11-7(4)9;1-4-2-3-4/h5H,10H2,1-4H3;4H,2-3H2,1H3/b8-6+;. The molecule has 1 aliphatic carbocycles. The van der Waals surface area contributed by atoms with Crippen molar-refractivity contribution >= 4 is 26.1 Å². The van der Waals surface area contributed by atoms with Gasteiger partial charge in [-0.15, -0.1) is 0 Å². The van der Waals surface area contributed by atoms with E-state index >= 15 is 0 Å². The average Bonchev–Trinajstić information content (AvgIpc) is 2.86. The van der Waals surface area contributed by atoms with Crippen LogP contribution in [0.2, 0.25) is 0 Å². The van der Waals surface area contributed by atoms with Crippen LogP contribution in [0.4, 0.5) is 0 Å². The number of rotatable bonds is 2. The van der Waals surface area contributed by atoms with Crippen LogP contribution in [0.1, 0.15) is 47.5 Å². The normalized spacial score (nSPS) is 16.7. The molecule has 1 saturated carbocycles. The maximum Gasteiger partial charge on any atom is 0.190 e. The highest BCUT2D eigenvalue weighted by Gasteiger charge is 2.12. The van der Waals surface area contributed by atoms with Gasteiger partial charge in [0.2, 0.25) is 0 Å². The van der Waals surface area contributed by atoms with Gasteiger partial charge in [0.1, 0.15) is 0 Å². The fourth-order valence-electron chi connectivity index (χ4n) is 0.687. The van der Waals surface area contributed by atoms with E-state index in [1.54, 1.807) is 6.92 Å². The SMILES string of the molecule is CC(=O)S/C(P)=C(\C)C(C)C.CC1CC1. The Bertz CT molecular complexity index is 242. The van der Waals surface area contributed by atoms with Gasteiger partial charge in [-0.1, -0.05) is 60.2 Å². The van der Waals surface area contributed by atoms with Gasteiger partial charge < -0.3 is 0 Å². The largest absolute Gasteiger partial charge is 0.287 e. The zero-order valence-corrected chi connectivity index (χ0v) is 12.4. The van der Waals surface area contributed by atoms with Gasteiger partial charge in [0, 0.05) is 11.6 Å². The highest BCUT2D eigenvalue weighted by atomic mass is 32.2. The average molecular weight is 246 g/mol. The van der Waals surface area contributed by atoms with Crippen LogP contribution < -0.4 is 0 Å². The van der Waals surface area contributed by atoms with Crippen molar-refractivity contribution in [2.24, 2.45) is 11.8 Å². The summed E-state index contributed by atoms with van der Waals surface area (Å²) in [5.41, 5.74) is 1.27. The van der Waals surface area contributed by atoms with Crippen LogP contribution in [-0.2, 0) is 4.79 Å². The Morgan fingerprint density at radius 1 is 1.33 bits per heavy atom. The van der Waals surface area contributed by atoms with Crippen molar-refractivity contribution in [2.75, 3.05) is 0 Å². The number of allylic oxidation sites excluding steroid dienone is 1. The van der Waals surface area contributed by atoms with E-state index in [0.717, 1.165) is 10.6 Å². The molecule has 15 heavy (non-hydrogen) atoms. The molecule has 0 radical (unpaired) electrons. The van der Waals surface area contributed by atoms with Gasteiger partial charge in [-0.05, 0) is 18.8 Å². The second-order valence-corrected chi connectivity index (χ2v) is 6.69. The van der Waals surface area contributed by atoms with Crippen LogP contribution in [0.5, 0.6) is 0 Å². The monoisotopic (exact) mass is 246 g/mol. The van der Waals surface area contributed by atoms with E-state index in [-0.39, 0.29) is 5.12 Å². The molecular weight excluding hydrogens is 223 g/mol. The quantitative estimate of drug-likeness (QED) is 0.670. The molecule has 1 nitrogen and oxygen atoms in total. The molecule has 0 aromatic rings. The fourth-order valence-corrected chi connectivity index (χ4v) is 2.22. The van der Waals surface area contributed by atoms with Gasteiger partial charge in [0.15, 0.2) is 5.12 Å². The number of carbonyl (C=O) groups is 1. The van der Waals surface area contributed by atoms with Crippen LogP contribution in [-0.4, -0.2) is 5.12 Å². The van der Waals surface area contributed by atoms with Crippen molar-refractivity contribution in [1.82, 2.24) is 0 Å².